The van der Waals surface area contributed by atoms with Crippen LogP contribution >= 0.6 is 0 Å². The zero-order valence-corrected chi connectivity index (χ0v) is 11.4. The number of hydrogen-bond donors (Lipinski definition) is 1. The molecular weight excluding hydrogens is 215 g/mol. The molecule has 0 amide bonds. The molecule has 0 bridgehead atoms. The lowest BCUT2D eigenvalue weighted by Gasteiger charge is -2.37. The highest BCUT2D eigenvalue weighted by Crippen LogP contribution is 2.24. The summed E-state index contributed by atoms with van der Waals surface area (Å²) in [5.41, 5.74) is -0.626. The van der Waals surface area contributed by atoms with Crippen molar-refractivity contribution in [2.24, 2.45) is 0 Å². The van der Waals surface area contributed by atoms with Crippen LogP contribution in [-0.2, 0) is 11.2 Å². The van der Waals surface area contributed by atoms with E-state index < -0.39 is 11.2 Å². The summed E-state index contributed by atoms with van der Waals surface area (Å²) < 4.78 is 7.52. The predicted molar refractivity (Wildman–Crippen MR) is 69.4 cm³/mol. The fraction of sp³-hybridized carbons (Fsp3) is 0.750. The van der Waals surface area contributed by atoms with Gasteiger partial charge >= 0.3 is 7.48 Å². The Morgan fingerprint density at radius 3 is 2.59 bits per heavy atom. The SMILES string of the molecule is CCCn1cc([B]OC(C)(C)C(C)(C)O)cn1. The summed E-state index contributed by atoms with van der Waals surface area (Å²) in [4.78, 5) is 0. The quantitative estimate of drug-likeness (QED) is 0.754. The zero-order chi connectivity index (χ0) is 13.1. The summed E-state index contributed by atoms with van der Waals surface area (Å²) in [6.45, 7) is 10.2. The van der Waals surface area contributed by atoms with Gasteiger partial charge in [0.1, 0.15) is 0 Å². The Bertz CT molecular complexity index is 356. The van der Waals surface area contributed by atoms with E-state index in [1.54, 1.807) is 27.5 Å². The highest BCUT2D eigenvalue weighted by Gasteiger charge is 2.35. The summed E-state index contributed by atoms with van der Waals surface area (Å²) in [6, 6.07) is 0. The van der Waals surface area contributed by atoms with Gasteiger partial charge in [-0.15, -0.1) is 0 Å². The molecule has 0 atom stereocenters. The number of rotatable bonds is 6. The fourth-order valence-corrected chi connectivity index (χ4v) is 1.15. The largest absolute Gasteiger partial charge is 0.427 e. The molecule has 1 rings (SSSR count). The van der Waals surface area contributed by atoms with Crippen LogP contribution in [0.3, 0.4) is 0 Å². The maximum absolute atomic E-state index is 9.95. The molecule has 1 heterocycles. The number of aliphatic hydroxyl groups is 1. The molecule has 0 unspecified atom stereocenters. The molecule has 1 aromatic heterocycles. The van der Waals surface area contributed by atoms with Crippen LogP contribution in [-0.4, -0.2) is 33.6 Å². The second-order valence-corrected chi connectivity index (χ2v) is 5.34. The lowest BCUT2D eigenvalue weighted by molar-refractivity contribution is -0.0893. The maximum atomic E-state index is 9.95. The third kappa shape index (κ3) is 3.86. The molecule has 1 radical (unpaired) electrons. The molecule has 0 aliphatic heterocycles. The first kappa shape index (κ1) is 14.3. The van der Waals surface area contributed by atoms with Gasteiger partial charge in [0.25, 0.3) is 0 Å². The first-order chi connectivity index (χ1) is 7.76. The number of nitrogens with zero attached hydrogens (tertiary/aromatic N) is 2. The molecule has 0 saturated carbocycles. The molecular formula is C12H22BN2O2. The van der Waals surface area contributed by atoms with Crippen molar-refractivity contribution in [3.05, 3.63) is 12.4 Å². The lowest BCUT2D eigenvalue weighted by atomic mass is 9.84. The summed E-state index contributed by atoms with van der Waals surface area (Å²) in [6.07, 6.45) is 4.75. The minimum absolute atomic E-state index is 0.639. The second kappa shape index (κ2) is 5.23. The van der Waals surface area contributed by atoms with Crippen molar-refractivity contribution < 1.29 is 9.76 Å². The van der Waals surface area contributed by atoms with E-state index in [4.69, 9.17) is 4.65 Å². The monoisotopic (exact) mass is 237 g/mol. The van der Waals surface area contributed by atoms with Crippen molar-refractivity contribution in [3.63, 3.8) is 0 Å². The highest BCUT2D eigenvalue weighted by molar-refractivity contribution is 6.46. The van der Waals surface area contributed by atoms with E-state index >= 15 is 0 Å². The maximum Gasteiger partial charge on any atom is 0.334 e. The van der Waals surface area contributed by atoms with Gasteiger partial charge in [0.05, 0.1) is 11.2 Å². The van der Waals surface area contributed by atoms with E-state index in [1.165, 1.54) is 0 Å². The van der Waals surface area contributed by atoms with E-state index in [9.17, 15) is 5.11 Å². The average molecular weight is 237 g/mol. The fourth-order valence-electron chi connectivity index (χ4n) is 1.15. The first-order valence-electron chi connectivity index (χ1n) is 6.02. The van der Waals surface area contributed by atoms with Gasteiger partial charge in [-0.1, -0.05) is 6.92 Å². The molecule has 95 valence electrons. The lowest BCUT2D eigenvalue weighted by Crippen LogP contribution is -2.49. The van der Waals surface area contributed by atoms with Gasteiger partial charge in [-0.3, -0.25) is 4.68 Å². The Labute approximate surface area is 104 Å². The smallest absolute Gasteiger partial charge is 0.334 e. The summed E-state index contributed by atoms with van der Waals surface area (Å²) >= 11 is 0. The van der Waals surface area contributed by atoms with Crippen LogP contribution in [0, 0.1) is 0 Å². The van der Waals surface area contributed by atoms with Crippen LogP contribution in [0.25, 0.3) is 0 Å². The van der Waals surface area contributed by atoms with Gasteiger partial charge < -0.3 is 9.76 Å². The molecule has 17 heavy (non-hydrogen) atoms. The number of aryl methyl sites for hydroxylation is 1. The number of aromatic nitrogens is 2. The van der Waals surface area contributed by atoms with Crippen LogP contribution in [0.5, 0.6) is 0 Å². The molecule has 0 saturated heterocycles. The summed E-state index contributed by atoms with van der Waals surface area (Å²) in [5, 5.41) is 14.2. The topological polar surface area (TPSA) is 47.3 Å². The van der Waals surface area contributed by atoms with Crippen molar-refractivity contribution in [1.29, 1.82) is 0 Å². The zero-order valence-electron chi connectivity index (χ0n) is 11.4. The van der Waals surface area contributed by atoms with Crippen LogP contribution in [0.2, 0.25) is 0 Å². The third-order valence-corrected chi connectivity index (χ3v) is 3.07. The summed E-state index contributed by atoms with van der Waals surface area (Å²) in [5.74, 6) is 0. The van der Waals surface area contributed by atoms with Crippen molar-refractivity contribution in [2.75, 3.05) is 0 Å². The van der Waals surface area contributed by atoms with Gasteiger partial charge in [0.2, 0.25) is 0 Å². The van der Waals surface area contributed by atoms with Gasteiger partial charge in [-0.25, -0.2) is 0 Å². The van der Waals surface area contributed by atoms with Crippen molar-refractivity contribution >= 4 is 12.9 Å². The van der Waals surface area contributed by atoms with E-state index in [2.05, 4.69) is 12.0 Å². The molecule has 5 heteroatoms. The minimum Gasteiger partial charge on any atom is -0.427 e. The Hall–Kier alpha value is -0.805. The van der Waals surface area contributed by atoms with Gasteiger partial charge in [0, 0.05) is 18.9 Å². The normalized spacial score (nSPS) is 12.8. The van der Waals surface area contributed by atoms with E-state index in [0.717, 1.165) is 18.4 Å². The molecule has 0 aliphatic carbocycles. The van der Waals surface area contributed by atoms with Crippen LogP contribution in [0.1, 0.15) is 41.0 Å². The number of hydrogen-bond acceptors (Lipinski definition) is 3. The molecule has 0 aromatic carbocycles. The van der Waals surface area contributed by atoms with Gasteiger partial charge in [0.15, 0.2) is 0 Å². The molecule has 1 aromatic rings. The van der Waals surface area contributed by atoms with Crippen molar-refractivity contribution in [3.8, 4) is 0 Å². The Balaban J connectivity index is 2.55. The second-order valence-electron chi connectivity index (χ2n) is 5.34. The van der Waals surface area contributed by atoms with E-state index in [0.29, 0.717) is 0 Å². The van der Waals surface area contributed by atoms with Crippen LogP contribution < -0.4 is 5.46 Å². The van der Waals surface area contributed by atoms with Crippen molar-refractivity contribution in [2.45, 2.75) is 58.8 Å². The first-order valence-corrected chi connectivity index (χ1v) is 6.02. The minimum atomic E-state index is -0.900. The third-order valence-electron chi connectivity index (χ3n) is 3.07. The van der Waals surface area contributed by atoms with Crippen LogP contribution in [0.4, 0.5) is 0 Å². The Morgan fingerprint density at radius 1 is 1.41 bits per heavy atom. The summed E-state index contributed by atoms with van der Waals surface area (Å²) in [7, 11) is 1.65. The highest BCUT2D eigenvalue weighted by atomic mass is 16.5. The molecule has 4 nitrogen and oxygen atoms in total. The molecule has 1 N–H and O–H groups in total. The van der Waals surface area contributed by atoms with Gasteiger partial charge in [-0.2, -0.15) is 5.10 Å². The Kier molecular flexibility index (Phi) is 4.39. The molecule has 0 fully saturated rings. The standard InChI is InChI=1S/C12H22BN2O2/c1-6-7-15-9-10(8-14-15)13-17-12(4,5)11(2,3)16/h8-9,16H,6-7H2,1-5H3. The average Bonchev–Trinajstić information content (AvgIpc) is 2.62. The van der Waals surface area contributed by atoms with E-state index in [-0.39, 0.29) is 0 Å². The molecule has 0 spiro atoms. The Morgan fingerprint density at radius 2 is 2.06 bits per heavy atom. The van der Waals surface area contributed by atoms with Crippen molar-refractivity contribution in [1.82, 2.24) is 9.78 Å². The predicted octanol–water partition coefficient (Wildman–Crippen LogP) is 1.10. The van der Waals surface area contributed by atoms with Crippen LogP contribution in [0.15, 0.2) is 12.4 Å². The van der Waals surface area contributed by atoms with E-state index in [1.807, 2.05) is 24.7 Å². The van der Waals surface area contributed by atoms with Gasteiger partial charge in [-0.05, 0) is 39.6 Å². The molecule has 0 aliphatic rings.